The number of carbonyl (C=O) groups is 6. The van der Waals surface area contributed by atoms with Crippen molar-refractivity contribution in [3.8, 4) is 0 Å². The van der Waals surface area contributed by atoms with Gasteiger partial charge in [0.2, 0.25) is 17.3 Å². The summed E-state index contributed by atoms with van der Waals surface area (Å²) in [5, 5.41) is 9.58. The van der Waals surface area contributed by atoms with Gasteiger partial charge in [-0.25, -0.2) is 40.7 Å². The molecule has 0 bridgehead atoms. The fourth-order valence-corrected chi connectivity index (χ4v) is 8.38. The Kier molecular flexibility index (Phi) is 41.0. The minimum Gasteiger partial charge on any atom is -0.457 e. The van der Waals surface area contributed by atoms with Gasteiger partial charge in [-0.3, -0.25) is 24.2 Å². The topological polar surface area (TPSA) is 169 Å². The molecule has 3 aliphatic rings. The molecule has 454 valence electrons. The van der Waals surface area contributed by atoms with Crippen LogP contribution in [0.15, 0.2) is 30.3 Å². The lowest BCUT2D eigenvalue weighted by Crippen LogP contribution is -2.45. The zero-order chi connectivity index (χ0) is 58.1. The minimum absolute atomic E-state index is 0. The summed E-state index contributed by atoms with van der Waals surface area (Å²) >= 11 is 4.60. The molecule has 3 aliphatic heterocycles. The fourth-order valence-electron chi connectivity index (χ4n) is 8.38. The van der Waals surface area contributed by atoms with Crippen LogP contribution < -0.4 is 5.32 Å². The van der Waals surface area contributed by atoms with Crippen LogP contribution in [0.1, 0.15) is 120 Å². The molecule has 3 fully saturated rings. The SMILES string of the molecule is C.C.C.CC.CC[C@@H]1N[C@H](C(F)F)C[C@@H]1CC(=O)C(F)(F)F.CC[C@H]1[C@@H](CC(=O)C(F)(F)F)C[C@@H](C(F)F)N1C(=O)OC.CC[C@H]1[C@@H](CC(=O)C(F)(F)F)C[C@@H](C(F)F)N1C(=O)OCc1ccccc1.CO.COC(=O)Cl. The molecule has 9 atom stereocenters. The number of halogens is 16. The van der Waals surface area contributed by atoms with E-state index in [9.17, 15) is 94.6 Å². The highest BCUT2D eigenvalue weighted by Gasteiger charge is 2.52. The van der Waals surface area contributed by atoms with Gasteiger partial charge in [0.1, 0.15) is 6.61 Å². The second-order valence-corrected chi connectivity index (χ2v) is 16.3. The highest BCUT2D eigenvalue weighted by molar-refractivity contribution is 6.61. The second-order valence-electron chi connectivity index (χ2n) is 16.0. The number of ether oxygens (including phenoxy) is 3. The Balaban J connectivity index is -0.000000312. The van der Waals surface area contributed by atoms with Crippen LogP contribution in [-0.2, 0) is 35.2 Å². The van der Waals surface area contributed by atoms with E-state index < -0.39 is 146 Å². The number of nitrogens with zero attached hydrogens (tertiary/aromatic N) is 2. The van der Waals surface area contributed by atoms with E-state index in [1.807, 2.05) is 13.8 Å². The largest absolute Gasteiger partial charge is 0.457 e. The average molecular weight is 1170 g/mol. The lowest BCUT2D eigenvalue weighted by Gasteiger charge is -2.30. The Labute approximate surface area is 445 Å². The van der Waals surface area contributed by atoms with Gasteiger partial charge >= 0.3 is 36.1 Å². The zero-order valence-corrected chi connectivity index (χ0v) is 42.2. The van der Waals surface area contributed by atoms with Gasteiger partial charge in [0.05, 0.1) is 32.3 Å². The van der Waals surface area contributed by atoms with Crippen LogP contribution in [0.3, 0.4) is 0 Å². The molecule has 0 aliphatic carbocycles. The molecular formula is C48H75ClF15N3O10. The standard InChI is InChI=1S/C18H20F5NO3.C12H16F5NO3.C10H14F5NO.C2H3ClO2.C2H6.CH4O.3CH4/c1-2-13-12(9-15(25)18(21,22)23)8-14(16(19)20)24(13)17(26)27-10-11-6-4-3-5-7-11;1-3-7-6(5-9(19)12(15,16)17)4-8(10(13)14)18(7)11(20)21-2;1-2-6-5(3-7(16-6)9(11)12)4-8(17)10(13,14)15;1-5-2(3)4;2*1-2;;;/h3-7,12-14,16H,2,8-10H2,1H3;6-8,10H,3-5H2,1-2H3;5-7,9,16H,2-4H2,1H3;1H3;1-2H3;2H,1H3;3*1H4/t12-,13+,14+;6-,7+,8+;5-,6+,7+;;;;;;/m111....../s1. The maximum Gasteiger partial charge on any atom is 0.449 e. The van der Waals surface area contributed by atoms with Gasteiger partial charge in [-0.05, 0) is 61.8 Å². The average Bonchev–Trinajstić information content (AvgIpc) is 4.05. The number of likely N-dealkylation sites (tertiary alicyclic amines) is 2. The van der Waals surface area contributed by atoms with Crippen LogP contribution in [0.2, 0.25) is 0 Å². The van der Waals surface area contributed by atoms with Crippen LogP contribution in [-0.4, -0.2) is 145 Å². The molecule has 3 saturated heterocycles. The van der Waals surface area contributed by atoms with Crippen molar-refractivity contribution in [2.45, 2.75) is 195 Å². The molecule has 1 aromatic carbocycles. The smallest absolute Gasteiger partial charge is 0.449 e. The lowest BCUT2D eigenvalue weighted by molar-refractivity contribution is -0.172. The number of benzene rings is 1. The highest BCUT2D eigenvalue weighted by Crippen LogP contribution is 2.41. The first-order chi connectivity index (χ1) is 34.3. The first-order valence-electron chi connectivity index (χ1n) is 22.7. The zero-order valence-electron chi connectivity index (χ0n) is 41.4. The first-order valence-corrected chi connectivity index (χ1v) is 23.1. The molecule has 0 unspecified atom stereocenters. The molecule has 2 N–H and O–H groups in total. The van der Waals surface area contributed by atoms with Crippen molar-refractivity contribution in [3.63, 3.8) is 0 Å². The molecule has 0 radical (unpaired) electrons. The minimum atomic E-state index is -5.03. The molecule has 0 aromatic heterocycles. The van der Waals surface area contributed by atoms with E-state index in [0.717, 1.165) is 24.0 Å². The molecule has 77 heavy (non-hydrogen) atoms. The van der Waals surface area contributed by atoms with Gasteiger partial charge in [0.25, 0.3) is 19.3 Å². The van der Waals surface area contributed by atoms with Crippen molar-refractivity contribution >= 4 is 46.6 Å². The Hall–Kier alpha value is -4.60. The summed E-state index contributed by atoms with van der Waals surface area (Å²) in [7, 11) is 3.22. The summed E-state index contributed by atoms with van der Waals surface area (Å²) in [5.41, 5.74) is -0.125. The molecule has 4 rings (SSSR count). The van der Waals surface area contributed by atoms with Gasteiger partial charge < -0.3 is 24.6 Å². The predicted octanol–water partition coefficient (Wildman–Crippen LogP) is 13.7. The monoisotopic (exact) mass is 1170 g/mol. The molecule has 0 spiro atoms. The predicted molar refractivity (Wildman–Crippen MR) is 257 cm³/mol. The third-order valence-electron chi connectivity index (χ3n) is 11.6. The Morgan fingerprint density at radius 1 is 0.597 bits per heavy atom. The maximum absolute atomic E-state index is 13.4. The molecule has 2 amide bonds. The molecule has 3 heterocycles. The summed E-state index contributed by atoms with van der Waals surface area (Å²) in [6, 6.07) is 2.11. The number of aliphatic hydroxyl groups is 1. The molecule has 1 aromatic rings. The van der Waals surface area contributed by atoms with Crippen LogP contribution in [0.25, 0.3) is 0 Å². The number of aliphatic hydroxyl groups excluding tert-OH is 1. The Morgan fingerprint density at radius 2 is 0.948 bits per heavy atom. The number of rotatable bonds is 14. The van der Waals surface area contributed by atoms with Crippen molar-refractivity contribution in [3.05, 3.63) is 35.9 Å². The molecular weight excluding hydrogens is 1100 g/mol. The van der Waals surface area contributed by atoms with E-state index in [1.54, 1.807) is 51.1 Å². The first kappa shape index (κ1) is 81.2. The van der Waals surface area contributed by atoms with Crippen molar-refractivity contribution in [2.75, 3.05) is 21.3 Å². The van der Waals surface area contributed by atoms with Gasteiger partial charge in [-0.2, -0.15) is 39.5 Å². The van der Waals surface area contributed by atoms with Crippen molar-refractivity contribution < 1.29 is 114 Å². The van der Waals surface area contributed by atoms with Gasteiger partial charge in [-0.1, -0.05) is 87.2 Å². The van der Waals surface area contributed by atoms with Crippen LogP contribution in [0.4, 0.5) is 80.2 Å². The summed E-state index contributed by atoms with van der Waals surface area (Å²) in [6.07, 6.45) is -28.0. The summed E-state index contributed by atoms with van der Waals surface area (Å²) in [4.78, 5) is 68.1. The van der Waals surface area contributed by atoms with Crippen LogP contribution in [0.5, 0.6) is 0 Å². The number of nitrogens with one attached hydrogen (secondary N) is 1. The number of ketones is 3. The number of Topliss-reactive ketones (excluding diaryl/α,β-unsaturated/α-hetero) is 3. The molecule has 29 heteroatoms. The number of alkyl halides is 15. The van der Waals surface area contributed by atoms with Crippen molar-refractivity contribution in [1.82, 2.24) is 15.1 Å². The van der Waals surface area contributed by atoms with E-state index in [-0.39, 0.29) is 61.0 Å². The third-order valence-corrected chi connectivity index (χ3v) is 11.7. The van der Waals surface area contributed by atoms with E-state index >= 15 is 0 Å². The molecule has 0 saturated carbocycles. The van der Waals surface area contributed by atoms with Crippen molar-refractivity contribution in [2.24, 2.45) is 17.8 Å². The van der Waals surface area contributed by atoms with E-state index in [2.05, 4.69) is 26.4 Å². The van der Waals surface area contributed by atoms with Gasteiger partial charge in [-0.15, -0.1) is 0 Å². The van der Waals surface area contributed by atoms with E-state index in [4.69, 9.17) is 9.84 Å². The number of hydrogen-bond acceptors (Lipinski definition) is 11. The fraction of sp³-hybridized carbons (Fsp3) is 0.750. The normalized spacial score (nSPS) is 22.4. The maximum atomic E-state index is 13.4. The van der Waals surface area contributed by atoms with E-state index in [0.29, 0.717) is 12.0 Å². The summed E-state index contributed by atoms with van der Waals surface area (Å²) in [5.74, 6) is -8.38. The van der Waals surface area contributed by atoms with Crippen LogP contribution >= 0.6 is 11.6 Å². The highest BCUT2D eigenvalue weighted by atomic mass is 35.5. The molecule has 13 nitrogen and oxygen atoms in total. The second kappa shape index (κ2) is 38.9. The lowest BCUT2D eigenvalue weighted by atomic mass is 9.91. The summed E-state index contributed by atoms with van der Waals surface area (Å²) in [6.45, 7) is 8.67. The Bertz CT molecular complexity index is 1840. The number of methoxy groups -OCH3 is 2. The van der Waals surface area contributed by atoms with Crippen LogP contribution in [0, 0.1) is 17.8 Å². The number of carbonyl (C=O) groups excluding carboxylic acids is 6. The number of amides is 2. The van der Waals surface area contributed by atoms with Gasteiger partial charge in [0.15, 0.2) is 0 Å². The van der Waals surface area contributed by atoms with Gasteiger partial charge in [0, 0.05) is 56.1 Å². The quantitative estimate of drug-likeness (QED) is 0.103. The third kappa shape index (κ3) is 27.2. The number of hydrogen-bond donors (Lipinski definition) is 2. The summed E-state index contributed by atoms with van der Waals surface area (Å²) < 4.78 is 202. The van der Waals surface area contributed by atoms with Crippen molar-refractivity contribution in [1.29, 1.82) is 0 Å². The van der Waals surface area contributed by atoms with E-state index in [1.165, 1.54) is 7.11 Å². The Morgan fingerprint density at radius 3 is 1.23 bits per heavy atom.